The Kier molecular flexibility index (Phi) is 8.08. The molecular weight excluding hydrogens is 478 g/mol. The number of allylic oxidation sites excluding steroid dienone is 1. The average molecular weight is 498 g/mol. The number of aliphatic hydroxyl groups is 2. The molecule has 11 nitrogen and oxygen atoms in total. The van der Waals surface area contributed by atoms with Crippen LogP contribution in [0.15, 0.2) is 58.2 Å². The van der Waals surface area contributed by atoms with Crippen molar-refractivity contribution in [1.82, 2.24) is 10.2 Å². The van der Waals surface area contributed by atoms with E-state index in [2.05, 4.69) is 10.5 Å². The number of carboxylic acid groups (broad SMARTS) is 1. The van der Waals surface area contributed by atoms with E-state index in [1.54, 1.807) is 24.3 Å². The van der Waals surface area contributed by atoms with Gasteiger partial charge >= 0.3 is 5.97 Å². The number of aliphatic hydroxyl groups excluding tert-OH is 2. The molecule has 176 valence electrons. The lowest BCUT2D eigenvalue weighted by atomic mass is 10.0. The van der Waals surface area contributed by atoms with Crippen LogP contribution in [0, 0.1) is 4.91 Å². The predicted octanol–water partition coefficient (Wildman–Crippen LogP) is 1.25. The van der Waals surface area contributed by atoms with E-state index in [0.717, 1.165) is 4.90 Å². The number of carbonyl (C=O) groups is 3. The van der Waals surface area contributed by atoms with Crippen LogP contribution in [-0.4, -0.2) is 74.3 Å². The molecule has 13 heteroatoms. The molecule has 0 aliphatic carbocycles. The number of fused-ring (bicyclic) bond motifs is 1. The maximum absolute atomic E-state index is 12.6. The molecule has 4 N–H and O–H groups in total. The molecule has 0 saturated carbocycles. The molecule has 2 unspecified atom stereocenters. The van der Waals surface area contributed by atoms with Gasteiger partial charge in [-0.3, -0.25) is 14.5 Å². The summed E-state index contributed by atoms with van der Waals surface area (Å²) in [6, 6.07) is 7.71. The first kappa shape index (κ1) is 24.7. The first-order valence-electron chi connectivity index (χ1n) is 9.63. The molecule has 2 aliphatic heterocycles. The minimum Gasteiger partial charge on any atom is -0.508 e. The highest BCUT2D eigenvalue weighted by Gasteiger charge is 2.54. The Hall–Kier alpha value is -2.93. The zero-order valence-corrected chi connectivity index (χ0v) is 18.6. The summed E-state index contributed by atoms with van der Waals surface area (Å²) in [4.78, 5) is 48.5. The number of ether oxygens (including phenoxy) is 1. The molecule has 3 atom stereocenters. The van der Waals surface area contributed by atoms with E-state index >= 15 is 0 Å². The lowest BCUT2D eigenvalue weighted by Gasteiger charge is -2.49. The average Bonchev–Trinajstić information content (AvgIpc) is 2.82. The molecule has 1 fully saturated rings. The van der Waals surface area contributed by atoms with E-state index in [-0.39, 0.29) is 24.7 Å². The first-order valence-corrected chi connectivity index (χ1v) is 11.2. The van der Waals surface area contributed by atoms with Gasteiger partial charge in [0.25, 0.3) is 11.8 Å². The number of halogens is 1. The van der Waals surface area contributed by atoms with Crippen LogP contribution in [0.3, 0.4) is 0 Å². The molecule has 3 rings (SSSR count). The summed E-state index contributed by atoms with van der Waals surface area (Å²) in [7, 11) is 0. The lowest BCUT2D eigenvalue weighted by molar-refractivity contribution is -0.150. The molecule has 2 heterocycles. The van der Waals surface area contributed by atoms with Gasteiger partial charge in [0.2, 0.25) is 5.70 Å². The van der Waals surface area contributed by atoms with Gasteiger partial charge in [-0.1, -0.05) is 30.3 Å². The quantitative estimate of drug-likeness (QED) is 0.122. The number of thioether (sulfide) groups is 1. The number of amides is 2. The van der Waals surface area contributed by atoms with E-state index < -0.39 is 52.6 Å². The molecule has 1 aromatic carbocycles. The van der Waals surface area contributed by atoms with Crippen molar-refractivity contribution in [3.05, 3.63) is 63.5 Å². The summed E-state index contributed by atoms with van der Waals surface area (Å²) in [6.07, 6.45) is -0.896. The number of carbonyl (C=O) groups excluding carboxylic acids is 2. The molecule has 2 amide bonds. The molecule has 1 saturated heterocycles. The second-order valence-corrected chi connectivity index (χ2v) is 8.45. The minimum atomic E-state index is -1.34. The molecule has 0 bridgehead atoms. The van der Waals surface area contributed by atoms with Gasteiger partial charge in [0.1, 0.15) is 29.0 Å². The predicted molar refractivity (Wildman–Crippen MR) is 118 cm³/mol. The van der Waals surface area contributed by atoms with Crippen LogP contribution in [0.5, 0.6) is 0 Å². The zero-order chi connectivity index (χ0) is 24.1. The molecule has 0 aromatic heterocycles. The smallest absolute Gasteiger partial charge is 0.352 e. The Morgan fingerprint density at radius 1 is 1.30 bits per heavy atom. The minimum absolute atomic E-state index is 0.0704. The number of benzene rings is 1. The van der Waals surface area contributed by atoms with Crippen LogP contribution in [0.4, 0.5) is 0 Å². The van der Waals surface area contributed by atoms with Crippen molar-refractivity contribution in [2.24, 2.45) is 5.18 Å². The SMILES string of the molecule is O=NC(C(=O)NC1C(=O)N2C(C(=O)O)=C(COCC(O)c3ccccc3)CS[C@@H]12)=C(O)CCl. The summed E-state index contributed by atoms with van der Waals surface area (Å²) in [5, 5.41) is 33.4. The van der Waals surface area contributed by atoms with Gasteiger partial charge in [0.05, 0.1) is 19.1 Å². The topological polar surface area (TPSA) is 166 Å². The van der Waals surface area contributed by atoms with Crippen LogP contribution in [0.1, 0.15) is 11.7 Å². The molecule has 1 aromatic rings. The number of nitrogens with zero attached hydrogens (tertiary/aromatic N) is 2. The largest absolute Gasteiger partial charge is 0.508 e. The molecule has 33 heavy (non-hydrogen) atoms. The lowest BCUT2D eigenvalue weighted by Crippen LogP contribution is -2.70. The van der Waals surface area contributed by atoms with E-state index in [4.69, 9.17) is 16.3 Å². The van der Waals surface area contributed by atoms with Gasteiger partial charge in [-0.15, -0.1) is 28.3 Å². The number of β-lactam (4-membered cyclic amide) rings is 1. The number of nitrogens with one attached hydrogen (secondary N) is 1. The summed E-state index contributed by atoms with van der Waals surface area (Å²) >= 11 is 6.59. The number of rotatable bonds is 10. The summed E-state index contributed by atoms with van der Waals surface area (Å²) in [5.41, 5.74) is -0.108. The van der Waals surface area contributed by atoms with Crippen LogP contribution in [0.2, 0.25) is 0 Å². The Morgan fingerprint density at radius 2 is 2.00 bits per heavy atom. The fraction of sp³-hybridized carbons (Fsp3) is 0.350. The normalized spacial score (nSPS) is 21.5. The number of alkyl halides is 1. The van der Waals surface area contributed by atoms with Crippen LogP contribution in [-0.2, 0) is 19.1 Å². The Morgan fingerprint density at radius 3 is 2.61 bits per heavy atom. The van der Waals surface area contributed by atoms with Crippen molar-refractivity contribution in [2.75, 3.05) is 24.8 Å². The highest BCUT2D eigenvalue weighted by molar-refractivity contribution is 8.00. The number of hydrogen-bond donors (Lipinski definition) is 4. The third-order valence-electron chi connectivity index (χ3n) is 4.98. The summed E-state index contributed by atoms with van der Waals surface area (Å²) in [5.74, 6) is -4.19. The maximum Gasteiger partial charge on any atom is 0.352 e. The molecular formula is C20H20ClN3O8S. The Bertz CT molecular complexity index is 1020. The van der Waals surface area contributed by atoms with Gasteiger partial charge in [0, 0.05) is 5.75 Å². The van der Waals surface area contributed by atoms with Crippen molar-refractivity contribution < 1.29 is 34.4 Å². The van der Waals surface area contributed by atoms with E-state index in [1.165, 1.54) is 11.8 Å². The van der Waals surface area contributed by atoms with Crippen LogP contribution < -0.4 is 5.32 Å². The Labute approximate surface area is 197 Å². The van der Waals surface area contributed by atoms with Crippen molar-refractivity contribution in [2.45, 2.75) is 17.5 Å². The second-order valence-electron chi connectivity index (χ2n) is 7.08. The summed E-state index contributed by atoms with van der Waals surface area (Å²) in [6.45, 7) is -0.184. The number of nitroso groups, excluding NO2 is 1. The van der Waals surface area contributed by atoms with Crippen LogP contribution >= 0.6 is 23.4 Å². The van der Waals surface area contributed by atoms with E-state index in [1.807, 2.05) is 6.07 Å². The fourth-order valence-electron chi connectivity index (χ4n) is 3.36. The van der Waals surface area contributed by atoms with E-state index in [9.17, 15) is 34.6 Å². The van der Waals surface area contributed by atoms with Crippen molar-refractivity contribution in [1.29, 1.82) is 0 Å². The second kappa shape index (κ2) is 10.8. The third-order valence-corrected chi connectivity index (χ3v) is 6.57. The molecule has 2 aliphatic rings. The number of hydrogen-bond acceptors (Lipinski definition) is 9. The maximum atomic E-state index is 12.6. The Balaban J connectivity index is 1.67. The van der Waals surface area contributed by atoms with Crippen molar-refractivity contribution in [3.63, 3.8) is 0 Å². The molecule has 0 spiro atoms. The van der Waals surface area contributed by atoms with Gasteiger partial charge < -0.3 is 25.4 Å². The monoisotopic (exact) mass is 497 g/mol. The summed E-state index contributed by atoms with van der Waals surface area (Å²) < 4.78 is 5.50. The highest BCUT2D eigenvalue weighted by atomic mass is 35.5. The zero-order valence-electron chi connectivity index (χ0n) is 17.0. The van der Waals surface area contributed by atoms with Gasteiger partial charge in [-0.05, 0) is 16.3 Å². The fourth-order valence-corrected chi connectivity index (χ4v) is 4.81. The highest BCUT2D eigenvalue weighted by Crippen LogP contribution is 2.40. The van der Waals surface area contributed by atoms with E-state index in [0.29, 0.717) is 11.1 Å². The van der Waals surface area contributed by atoms with Gasteiger partial charge in [-0.25, -0.2) is 4.79 Å². The standard InChI is InChI=1S/C20H20ClN3O8S/c21-6-12(25)14(23-31)17(27)22-15-18(28)24-16(20(29)30)11(9-33-19(15)24)7-32-8-13(26)10-4-2-1-3-5-10/h1-5,13,15,19,25-26H,6-9H2,(H,22,27)(H,29,30)/t13?,15?,19-/m0/s1. The van der Waals surface area contributed by atoms with Crippen molar-refractivity contribution >= 4 is 41.1 Å². The first-order chi connectivity index (χ1) is 15.8. The van der Waals surface area contributed by atoms with Gasteiger partial charge in [0.15, 0.2) is 0 Å². The number of aliphatic carboxylic acids is 1. The molecule has 0 radical (unpaired) electrons. The van der Waals surface area contributed by atoms with Gasteiger partial charge in [-0.2, -0.15) is 0 Å². The van der Waals surface area contributed by atoms with Crippen molar-refractivity contribution in [3.8, 4) is 0 Å². The van der Waals surface area contributed by atoms with Crippen LogP contribution in [0.25, 0.3) is 0 Å². The number of carboxylic acids is 1. The third kappa shape index (κ3) is 5.19.